The van der Waals surface area contributed by atoms with Crippen molar-refractivity contribution in [1.82, 2.24) is 0 Å². The Bertz CT molecular complexity index is 288. The van der Waals surface area contributed by atoms with E-state index in [1.165, 1.54) is 5.69 Å². The maximum atomic E-state index is 5.60. The van der Waals surface area contributed by atoms with Crippen molar-refractivity contribution in [2.75, 3.05) is 25.0 Å². The number of rotatable bonds is 4. The summed E-state index contributed by atoms with van der Waals surface area (Å²) >= 11 is 3.54. The second kappa shape index (κ2) is 5.37. The summed E-state index contributed by atoms with van der Waals surface area (Å²) in [7, 11) is 2.09. The topological polar surface area (TPSA) is 29.3 Å². The summed E-state index contributed by atoms with van der Waals surface area (Å²) in [6.07, 6.45) is 0. The molecule has 0 aromatic heterocycles. The maximum Gasteiger partial charge on any atom is 0.0508 e. The molecule has 2 N–H and O–H groups in total. The van der Waals surface area contributed by atoms with Crippen LogP contribution in [0.1, 0.15) is 6.92 Å². The van der Waals surface area contributed by atoms with Gasteiger partial charge in [-0.05, 0) is 40.5 Å². The number of hydrogen-bond donors (Lipinski definition) is 1. The van der Waals surface area contributed by atoms with Crippen LogP contribution in [-0.4, -0.2) is 20.1 Å². The first kappa shape index (κ1) is 11.5. The van der Waals surface area contributed by atoms with E-state index in [9.17, 15) is 0 Å². The molecule has 0 aliphatic carbocycles. The fraction of sp³-hybridized carbons (Fsp3) is 0.455. The molecule has 1 rings (SSSR count). The molecule has 2 nitrogen and oxygen atoms in total. The van der Waals surface area contributed by atoms with Gasteiger partial charge in [0, 0.05) is 18.1 Å². The number of hydrogen-bond acceptors (Lipinski definition) is 2. The molecule has 0 fully saturated rings. The zero-order chi connectivity index (χ0) is 10.6. The van der Waals surface area contributed by atoms with Gasteiger partial charge in [-0.25, -0.2) is 0 Å². The molecule has 0 heterocycles. The lowest BCUT2D eigenvalue weighted by Gasteiger charge is -2.23. The Morgan fingerprint density at radius 1 is 1.43 bits per heavy atom. The molecule has 0 saturated heterocycles. The van der Waals surface area contributed by atoms with Crippen LogP contribution in [0.2, 0.25) is 0 Å². The lowest BCUT2D eigenvalue weighted by molar-refractivity contribution is 0.590. The maximum absolute atomic E-state index is 5.60. The van der Waals surface area contributed by atoms with Crippen molar-refractivity contribution in [2.45, 2.75) is 6.92 Å². The van der Waals surface area contributed by atoms with Crippen LogP contribution in [0.25, 0.3) is 0 Å². The van der Waals surface area contributed by atoms with Gasteiger partial charge in [0.1, 0.15) is 0 Å². The molecule has 0 saturated carbocycles. The standard InChI is InChI=1S/C11H17BrN2/c1-9(7-13)8-14(2)11-6-4-3-5-10(11)12/h3-6,9H,7-8,13H2,1-2H3. The highest BCUT2D eigenvalue weighted by Crippen LogP contribution is 2.24. The third-order valence-corrected chi connectivity index (χ3v) is 2.92. The predicted molar refractivity (Wildman–Crippen MR) is 65.6 cm³/mol. The number of nitrogens with two attached hydrogens (primary N) is 1. The average molecular weight is 257 g/mol. The summed E-state index contributed by atoms with van der Waals surface area (Å²) in [5.41, 5.74) is 6.81. The van der Waals surface area contributed by atoms with E-state index in [1.54, 1.807) is 0 Å². The normalized spacial score (nSPS) is 12.6. The Balaban J connectivity index is 2.69. The molecular formula is C11H17BrN2. The number of halogens is 1. The highest BCUT2D eigenvalue weighted by Gasteiger charge is 2.07. The van der Waals surface area contributed by atoms with Crippen LogP contribution >= 0.6 is 15.9 Å². The van der Waals surface area contributed by atoms with Crippen molar-refractivity contribution in [3.05, 3.63) is 28.7 Å². The van der Waals surface area contributed by atoms with E-state index in [4.69, 9.17) is 5.73 Å². The highest BCUT2D eigenvalue weighted by atomic mass is 79.9. The Morgan fingerprint density at radius 3 is 2.64 bits per heavy atom. The molecule has 78 valence electrons. The molecule has 0 amide bonds. The van der Waals surface area contributed by atoms with Gasteiger partial charge in [0.05, 0.1) is 5.69 Å². The zero-order valence-electron chi connectivity index (χ0n) is 8.70. The third kappa shape index (κ3) is 3.00. The molecule has 0 spiro atoms. The second-order valence-corrected chi connectivity index (χ2v) is 4.53. The second-order valence-electron chi connectivity index (χ2n) is 3.67. The summed E-state index contributed by atoms with van der Waals surface area (Å²) in [4.78, 5) is 2.22. The molecule has 14 heavy (non-hydrogen) atoms. The van der Waals surface area contributed by atoms with Gasteiger partial charge in [0.25, 0.3) is 0 Å². The van der Waals surface area contributed by atoms with Crippen LogP contribution in [0.4, 0.5) is 5.69 Å². The third-order valence-electron chi connectivity index (χ3n) is 2.25. The molecule has 3 heteroatoms. The van der Waals surface area contributed by atoms with Crippen molar-refractivity contribution in [3.8, 4) is 0 Å². The van der Waals surface area contributed by atoms with Crippen molar-refractivity contribution in [2.24, 2.45) is 11.7 Å². The van der Waals surface area contributed by atoms with Crippen LogP contribution < -0.4 is 10.6 Å². The lowest BCUT2D eigenvalue weighted by Crippen LogP contribution is -2.28. The van der Waals surface area contributed by atoms with Gasteiger partial charge in [0.15, 0.2) is 0 Å². The van der Waals surface area contributed by atoms with Crippen molar-refractivity contribution < 1.29 is 0 Å². The highest BCUT2D eigenvalue weighted by molar-refractivity contribution is 9.10. The van der Waals surface area contributed by atoms with Crippen LogP contribution in [0.15, 0.2) is 28.7 Å². The molecule has 1 aromatic carbocycles. The Morgan fingerprint density at radius 2 is 2.07 bits per heavy atom. The minimum absolute atomic E-state index is 0.520. The molecule has 0 radical (unpaired) electrons. The summed E-state index contributed by atoms with van der Waals surface area (Å²) in [5.74, 6) is 0.520. The van der Waals surface area contributed by atoms with E-state index in [-0.39, 0.29) is 0 Å². The van der Waals surface area contributed by atoms with E-state index in [0.29, 0.717) is 5.92 Å². The summed E-state index contributed by atoms with van der Waals surface area (Å²) in [6, 6.07) is 8.23. The van der Waals surface area contributed by atoms with Gasteiger partial charge >= 0.3 is 0 Å². The van der Waals surface area contributed by atoms with Gasteiger partial charge in [-0.15, -0.1) is 0 Å². The van der Waals surface area contributed by atoms with Crippen LogP contribution in [0, 0.1) is 5.92 Å². The number of anilines is 1. The monoisotopic (exact) mass is 256 g/mol. The predicted octanol–water partition coefficient (Wildman–Crippen LogP) is 2.48. The quantitative estimate of drug-likeness (QED) is 0.897. The van der Waals surface area contributed by atoms with Crippen molar-refractivity contribution >= 4 is 21.6 Å². The Labute approximate surface area is 94.2 Å². The molecule has 1 aromatic rings. The van der Waals surface area contributed by atoms with Gasteiger partial charge in [-0.1, -0.05) is 19.1 Å². The summed E-state index contributed by atoms with van der Waals surface area (Å²) < 4.78 is 1.13. The number of nitrogens with zero attached hydrogens (tertiary/aromatic N) is 1. The van der Waals surface area contributed by atoms with Gasteiger partial charge in [-0.2, -0.15) is 0 Å². The molecule has 0 bridgehead atoms. The summed E-state index contributed by atoms with van der Waals surface area (Å²) in [6.45, 7) is 3.88. The first-order valence-electron chi connectivity index (χ1n) is 4.81. The smallest absolute Gasteiger partial charge is 0.0508 e. The minimum Gasteiger partial charge on any atom is -0.373 e. The number of para-hydroxylation sites is 1. The van der Waals surface area contributed by atoms with Crippen molar-refractivity contribution in [1.29, 1.82) is 0 Å². The molecule has 1 unspecified atom stereocenters. The molecular weight excluding hydrogens is 240 g/mol. The fourth-order valence-corrected chi connectivity index (χ4v) is 1.99. The first-order valence-corrected chi connectivity index (χ1v) is 5.60. The zero-order valence-corrected chi connectivity index (χ0v) is 10.3. The van der Waals surface area contributed by atoms with E-state index in [0.717, 1.165) is 17.6 Å². The van der Waals surface area contributed by atoms with Gasteiger partial charge < -0.3 is 10.6 Å². The molecule has 0 aliphatic rings. The molecule has 1 atom stereocenters. The van der Waals surface area contributed by atoms with E-state index < -0.39 is 0 Å². The Hall–Kier alpha value is -0.540. The SMILES string of the molecule is CC(CN)CN(C)c1ccccc1Br. The van der Waals surface area contributed by atoms with Gasteiger partial charge in [0.2, 0.25) is 0 Å². The van der Waals surface area contributed by atoms with Gasteiger partial charge in [-0.3, -0.25) is 0 Å². The van der Waals surface area contributed by atoms with Crippen LogP contribution in [0.3, 0.4) is 0 Å². The lowest BCUT2D eigenvalue weighted by atomic mass is 10.1. The number of benzene rings is 1. The van der Waals surface area contributed by atoms with Crippen LogP contribution in [-0.2, 0) is 0 Å². The van der Waals surface area contributed by atoms with E-state index >= 15 is 0 Å². The average Bonchev–Trinajstić information content (AvgIpc) is 2.18. The van der Waals surface area contributed by atoms with Crippen LogP contribution in [0.5, 0.6) is 0 Å². The summed E-state index contributed by atoms with van der Waals surface area (Å²) in [5, 5.41) is 0. The van der Waals surface area contributed by atoms with E-state index in [2.05, 4.69) is 46.9 Å². The molecule has 0 aliphatic heterocycles. The van der Waals surface area contributed by atoms with Crippen molar-refractivity contribution in [3.63, 3.8) is 0 Å². The first-order chi connectivity index (χ1) is 6.65. The minimum atomic E-state index is 0.520. The van der Waals surface area contributed by atoms with E-state index in [1.807, 2.05) is 12.1 Å². The Kier molecular flexibility index (Phi) is 4.42. The fourth-order valence-electron chi connectivity index (χ4n) is 1.40. The largest absolute Gasteiger partial charge is 0.373 e.